The van der Waals surface area contributed by atoms with Crippen LogP contribution < -0.4 is 5.32 Å². The van der Waals surface area contributed by atoms with Gasteiger partial charge in [0.25, 0.3) is 11.7 Å². The van der Waals surface area contributed by atoms with Crippen molar-refractivity contribution in [3.63, 3.8) is 0 Å². The molecule has 3 rings (SSSR count). The maximum atomic E-state index is 11.6. The number of tetrazole rings is 1. The van der Waals surface area contributed by atoms with E-state index in [2.05, 4.69) is 37.0 Å². The lowest BCUT2D eigenvalue weighted by molar-refractivity contribution is 0.0944. The first-order valence-corrected chi connectivity index (χ1v) is 5.91. The number of aromatic nitrogens is 5. The Morgan fingerprint density at radius 1 is 1.32 bits per heavy atom. The van der Waals surface area contributed by atoms with Crippen LogP contribution in [-0.2, 0) is 6.42 Å². The molecule has 0 aliphatic rings. The van der Waals surface area contributed by atoms with Gasteiger partial charge in [-0.1, -0.05) is 18.2 Å². The predicted molar refractivity (Wildman–Crippen MR) is 68.5 cm³/mol. The number of H-pyrrole nitrogens is 2. The number of benzene rings is 1. The number of carbonyl (C=O) groups excluding carboxylic acids is 1. The number of hydrogen-bond acceptors (Lipinski definition) is 4. The normalized spacial score (nSPS) is 10.7. The molecule has 0 aliphatic carbocycles. The van der Waals surface area contributed by atoms with Crippen molar-refractivity contribution in [2.45, 2.75) is 6.42 Å². The highest BCUT2D eigenvalue weighted by atomic mass is 16.2. The van der Waals surface area contributed by atoms with Crippen LogP contribution in [-0.4, -0.2) is 38.1 Å². The van der Waals surface area contributed by atoms with Gasteiger partial charge in [-0.3, -0.25) is 4.79 Å². The molecule has 2 aromatic heterocycles. The summed E-state index contributed by atoms with van der Waals surface area (Å²) < 4.78 is 0. The molecule has 3 aromatic rings. The molecule has 0 aliphatic heterocycles. The lowest BCUT2D eigenvalue weighted by Gasteiger charge is -2.01. The number of rotatable bonds is 4. The Kier molecular flexibility index (Phi) is 2.93. The van der Waals surface area contributed by atoms with E-state index in [0.717, 1.165) is 11.9 Å². The maximum absolute atomic E-state index is 11.6. The van der Waals surface area contributed by atoms with E-state index in [1.165, 1.54) is 10.9 Å². The molecule has 0 saturated carbocycles. The number of nitrogens with one attached hydrogen (secondary N) is 3. The first kappa shape index (κ1) is 11.4. The summed E-state index contributed by atoms with van der Waals surface area (Å²) >= 11 is 0. The lowest BCUT2D eigenvalue weighted by atomic mass is 10.1. The van der Waals surface area contributed by atoms with E-state index in [1.54, 1.807) is 0 Å². The van der Waals surface area contributed by atoms with Gasteiger partial charge in [0.1, 0.15) is 0 Å². The van der Waals surface area contributed by atoms with Gasteiger partial charge in [0.2, 0.25) is 0 Å². The fourth-order valence-corrected chi connectivity index (χ4v) is 1.99. The fourth-order valence-electron chi connectivity index (χ4n) is 1.99. The second kappa shape index (κ2) is 4.89. The third kappa shape index (κ3) is 2.30. The summed E-state index contributed by atoms with van der Waals surface area (Å²) in [6.07, 6.45) is 2.71. The highest BCUT2D eigenvalue weighted by molar-refractivity contribution is 5.90. The number of amides is 1. The SMILES string of the molecule is O=C(NCCc1c[nH]c2ccccc12)c1nn[nH]n1. The third-order valence-corrected chi connectivity index (χ3v) is 2.90. The molecule has 1 amide bonds. The van der Waals surface area contributed by atoms with Crippen molar-refractivity contribution in [1.29, 1.82) is 0 Å². The van der Waals surface area contributed by atoms with Crippen LogP contribution in [0.2, 0.25) is 0 Å². The minimum atomic E-state index is -0.325. The molecule has 0 spiro atoms. The summed E-state index contributed by atoms with van der Waals surface area (Å²) in [6, 6.07) is 8.07. The van der Waals surface area contributed by atoms with Crippen LogP contribution in [0.3, 0.4) is 0 Å². The van der Waals surface area contributed by atoms with E-state index in [-0.39, 0.29) is 11.7 Å². The molecular weight excluding hydrogens is 244 g/mol. The number of carbonyl (C=O) groups is 1. The number of fused-ring (bicyclic) bond motifs is 1. The van der Waals surface area contributed by atoms with Crippen LogP contribution in [0.1, 0.15) is 16.2 Å². The summed E-state index contributed by atoms with van der Waals surface area (Å²) in [4.78, 5) is 14.8. The van der Waals surface area contributed by atoms with Crippen molar-refractivity contribution in [2.75, 3.05) is 6.54 Å². The molecule has 2 heterocycles. The van der Waals surface area contributed by atoms with E-state index in [4.69, 9.17) is 0 Å². The van der Waals surface area contributed by atoms with Crippen molar-refractivity contribution in [1.82, 2.24) is 30.9 Å². The van der Waals surface area contributed by atoms with Crippen molar-refractivity contribution in [3.8, 4) is 0 Å². The van der Waals surface area contributed by atoms with Gasteiger partial charge in [-0.25, -0.2) is 0 Å². The average Bonchev–Trinajstić information content (AvgIpc) is 3.08. The van der Waals surface area contributed by atoms with Crippen molar-refractivity contribution in [2.24, 2.45) is 0 Å². The molecule has 7 heteroatoms. The Hall–Kier alpha value is -2.70. The molecule has 0 unspecified atom stereocenters. The fraction of sp³-hybridized carbons (Fsp3) is 0.167. The molecule has 19 heavy (non-hydrogen) atoms. The number of nitrogens with zero attached hydrogens (tertiary/aromatic N) is 3. The molecule has 0 fully saturated rings. The molecule has 0 atom stereocenters. The molecular formula is C12H12N6O. The highest BCUT2D eigenvalue weighted by Gasteiger charge is 2.10. The van der Waals surface area contributed by atoms with Gasteiger partial charge in [0.15, 0.2) is 0 Å². The van der Waals surface area contributed by atoms with Crippen LogP contribution in [0.5, 0.6) is 0 Å². The molecule has 3 N–H and O–H groups in total. The van der Waals surface area contributed by atoms with Crippen LogP contribution in [0.4, 0.5) is 0 Å². The second-order valence-electron chi connectivity index (χ2n) is 4.10. The molecule has 0 radical (unpaired) electrons. The maximum Gasteiger partial charge on any atom is 0.292 e. The summed E-state index contributed by atoms with van der Waals surface area (Å²) in [5.41, 5.74) is 2.27. The Morgan fingerprint density at radius 2 is 2.21 bits per heavy atom. The van der Waals surface area contributed by atoms with Gasteiger partial charge in [0.05, 0.1) is 0 Å². The van der Waals surface area contributed by atoms with Crippen molar-refractivity contribution < 1.29 is 4.79 Å². The summed E-state index contributed by atoms with van der Waals surface area (Å²) in [6.45, 7) is 0.523. The minimum Gasteiger partial charge on any atom is -0.361 e. The van der Waals surface area contributed by atoms with E-state index in [0.29, 0.717) is 6.54 Å². The molecule has 1 aromatic carbocycles. The van der Waals surface area contributed by atoms with Gasteiger partial charge >= 0.3 is 0 Å². The van der Waals surface area contributed by atoms with E-state index < -0.39 is 0 Å². The Labute approximate surface area is 108 Å². The summed E-state index contributed by atoms with van der Waals surface area (Å²) in [7, 11) is 0. The van der Waals surface area contributed by atoms with Crippen molar-refractivity contribution in [3.05, 3.63) is 41.9 Å². The zero-order chi connectivity index (χ0) is 13.1. The van der Waals surface area contributed by atoms with Crippen LogP contribution in [0.15, 0.2) is 30.5 Å². The Balaban J connectivity index is 1.62. The number of hydrogen-bond donors (Lipinski definition) is 3. The van der Waals surface area contributed by atoms with E-state index in [1.807, 2.05) is 24.4 Å². The van der Waals surface area contributed by atoms with E-state index in [9.17, 15) is 4.79 Å². The average molecular weight is 256 g/mol. The van der Waals surface area contributed by atoms with Crippen LogP contribution >= 0.6 is 0 Å². The standard InChI is InChI=1S/C12H12N6O/c19-12(11-15-17-18-16-11)13-6-5-8-7-14-10-4-2-1-3-9(8)10/h1-4,7,14H,5-6H2,(H,13,19)(H,15,16,17,18). The van der Waals surface area contributed by atoms with Gasteiger partial charge in [-0.05, 0) is 23.3 Å². The van der Waals surface area contributed by atoms with Crippen LogP contribution in [0.25, 0.3) is 10.9 Å². The summed E-state index contributed by atoms with van der Waals surface area (Å²) in [5, 5.41) is 16.7. The molecule has 0 bridgehead atoms. The van der Waals surface area contributed by atoms with Gasteiger partial charge < -0.3 is 10.3 Å². The Morgan fingerprint density at radius 3 is 3.05 bits per heavy atom. The zero-order valence-corrected chi connectivity index (χ0v) is 10.1. The smallest absolute Gasteiger partial charge is 0.292 e. The largest absolute Gasteiger partial charge is 0.361 e. The number of para-hydroxylation sites is 1. The van der Waals surface area contributed by atoms with Crippen molar-refractivity contribution >= 4 is 16.8 Å². The number of aromatic amines is 2. The topological polar surface area (TPSA) is 99.4 Å². The van der Waals surface area contributed by atoms with E-state index >= 15 is 0 Å². The predicted octanol–water partition coefficient (Wildman–Crippen LogP) is 0.653. The molecule has 0 saturated heterocycles. The van der Waals surface area contributed by atoms with Gasteiger partial charge in [-0.2, -0.15) is 5.21 Å². The first-order valence-electron chi connectivity index (χ1n) is 5.91. The molecule has 96 valence electrons. The third-order valence-electron chi connectivity index (χ3n) is 2.90. The quantitative estimate of drug-likeness (QED) is 0.638. The summed E-state index contributed by atoms with van der Waals surface area (Å²) in [5.74, 6) is -0.271. The van der Waals surface area contributed by atoms with Gasteiger partial charge in [0, 0.05) is 23.6 Å². The van der Waals surface area contributed by atoms with Gasteiger partial charge in [-0.15, -0.1) is 10.2 Å². The minimum absolute atomic E-state index is 0.0546. The Bertz CT molecular complexity index is 687. The zero-order valence-electron chi connectivity index (χ0n) is 10.1. The monoisotopic (exact) mass is 256 g/mol. The highest BCUT2D eigenvalue weighted by Crippen LogP contribution is 2.17. The lowest BCUT2D eigenvalue weighted by Crippen LogP contribution is -2.26. The first-order chi connectivity index (χ1) is 9.34. The van der Waals surface area contributed by atoms with Crippen LogP contribution in [0, 0.1) is 0 Å². The second-order valence-corrected chi connectivity index (χ2v) is 4.10. The molecule has 7 nitrogen and oxygen atoms in total.